The van der Waals surface area contributed by atoms with Crippen LogP contribution in [0.3, 0.4) is 0 Å². The van der Waals surface area contributed by atoms with Crippen LogP contribution in [0.15, 0.2) is 54.7 Å². The predicted octanol–water partition coefficient (Wildman–Crippen LogP) is 6.21. The van der Waals surface area contributed by atoms with Crippen LogP contribution >= 0.6 is 0 Å². The fraction of sp³-hybridized carbons (Fsp3) is 0.452. The second-order valence-corrected chi connectivity index (χ2v) is 11.4. The monoisotopic (exact) mass is 565 g/mol. The molecule has 2 amide bonds. The summed E-state index contributed by atoms with van der Waals surface area (Å²) in [5, 5.41) is 7.51. The maximum atomic E-state index is 13.7. The number of likely N-dealkylation sites (tertiary alicyclic amines) is 1. The van der Waals surface area contributed by atoms with Crippen LogP contribution in [0.5, 0.6) is 0 Å². The summed E-state index contributed by atoms with van der Waals surface area (Å²) < 4.78 is 42.9. The van der Waals surface area contributed by atoms with Crippen molar-refractivity contribution in [2.75, 3.05) is 36.4 Å². The molecule has 2 saturated heterocycles. The maximum absolute atomic E-state index is 13.7. The molecule has 1 atom stereocenters. The molecule has 1 aromatic heterocycles. The molecule has 0 spiro atoms. The molecule has 6 rings (SSSR count). The highest BCUT2D eigenvalue weighted by molar-refractivity contribution is 5.95. The van der Waals surface area contributed by atoms with Crippen LogP contribution in [0.2, 0.25) is 0 Å². The van der Waals surface area contributed by atoms with Crippen LogP contribution in [0.1, 0.15) is 84.1 Å². The number of amides is 2. The number of aromatic nitrogens is 2. The Balaban J connectivity index is 1.14. The summed E-state index contributed by atoms with van der Waals surface area (Å²) in [7, 11) is 0. The Morgan fingerprint density at radius 3 is 2.27 bits per heavy atom. The van der Waals surface area contributed by atoms with Gasteiger partial charge in [0, 0.05) is 56.3 Å². The molecular formula is C31H34F3N5O2. The van der Waals surface area contributed by atoms with Crippen LogP contribution in [0, 0.1) is 0 Å². The molecule has 0 radical (unpaired) electrons. The van der Waals surface area contributed by atoms with Crippen molar-refractivity contribution in [2.45, 2.75) is 63.1 Å². The van der Waals surface area contributed by atoms with Gasteiger partial charge in [0.15, 0.2) is 0 Å². The van der Waals surface area contributed by atoms with Gasteiger partial charge in [0.2, 0.25) is 5.91 Å². The molecule has 7 nitrogen and oxygen atoms in total. The Hall–Kier alpha value is -3.82. The first-order chi connectivity index (χ1) is 19.7. The zero-order valence-corrected chi connectivity index (χ0v) is 23.0. The van der Waals surface area contributed by atoms with E-state index in [1.54, 1.807) is 23.2 Å². The molecule has 1 N–H and O–H groups in total. The highest BCUT2D eigenvalue weighted by atomic mass is 19.4. The van der Waals surface area contributed by atoms with E-state index in [-0.39, 0.29) is 35.9 Å². The number of nitrogens with zero attached hydrogens (tertiary/aromatic N) is 4. The summed E-state index contributed by atoms with van der Waals surface area (Å²) in [5.74, 6) is -0.256. The fourth-order valence-electron chi connectivity index (χ4n) is 6.40. The molecule has 0 bridgehead atoms. The first-order valence-electron chi connectivity index (χ1n) is 14.3. The lowest BCUT2D eigenvalue weighted by molar-refractivity contribution is -0.138. The second kappa shape index (κ2) is 10.9. The van der Waals surface area contributed by atoms with E-state index in [0.717, 1.165) is 61.9 Å². The number of carbonyl (C=O) groups is 2. The topological polar surface area (TPSA) is 70.5 Å². The van der Waals surface area contributed by atoms with Crippen LogP contribution < -0.4 is 10.2 Å². The third-order valence-electron chi connectivity index (χ3n) is 8.57. The number of nitrogens with one attached hydrogen (secondary N) is 1. The lowest BCUT2D eigenvalue weighted by atomic mass is 9.93. The van der Waals surface area contributed by atoms with Crippen LogP contribution in [0.25, 0.3) is 0 Å². The van der Waals surface area contributed by atoms with Gasteiger partial charge in [-0.25, -0.2) is 0 Å². The number of anilines is 2. The van der Waals surface area contributed by atoms with Crippen molar-refractivity contribution in [1.82, 2.24) is 14.7 Å². The van der Waals surface area contributed by atoms with Crippen molar-refractivity contribution >= 4 is 23.2 Å². The Morgan fingerprint density at radius 2 is 1.61 bits per heavy atom. The first-order valence-corrected chi connectivity index (χ1v) is 14.3. The number of alkyl halides is 3. The van der Waals surface area contributed by atoms with Gasteiger partial charge in [-0.15, -0.1) is 0 Å². The zero-order chi connectivity index (χ0) is 28.7. The van der Waals surface area contributed by atoms with E-state index < -0.39 is 11.7 Å². The summed E-state index contributed by atoms with van der Waals surface area (Å²) in [6.45, 7) is 3.90. The van der Waals surface area contributed by atoms with Gasteiger partial charge < -0.3 is 15.1 Å². The molecule has 2 aliphatic heterocycles. The number of hydrogen-bond acceptors (Lipinski definition) is 4. The van der Waals surface area contributed by atoms with E-state index >= 15 is 0 Å². The van der Waals surface area contributed by atoms with Gasteiger partial charge in [0.25, 0.3) is 5.91 Å². The molecule has 2 aromatic carbocycles. The van der Waals surface area contributed by atoms with Crippen molar-refractivity contribution in [2.24, 2.45) is 0 Å². The zero-order valence-electron chi connectivity index (χ0n) is 23.0. The molecule has 3 fully saturated rings. The standard InChI is InChI=1S/C31H34F3N5O2/c1-20(40)36-23-8-10-24(11-9-23)37-16-13-25(14-17-37)39-29(21-6-7-21)27(18-35-39)30(41)38-15-12-22(19-38)26-4-2-3-5-28(26)31(32,33)34/h2-5,8-11,18,21-22,25H,6-7,12-17,19H2,1H3,(H,36,40). The molecular weight excluding hydrogens is 531 g/mol. The van der Waals surface area contributed by atoms with Crippen molar-refractivity contribution in [1.29, 1.82) is 0 Å². The van der Waals surface area contributed by atoms with Crippen LogP contribution in [0.4, 0.5) is 24.5 Å². The molecule has 216 valence electrons. The molecule has 1 saturated carbocycles. The van der Waals surface area contributed by atoms with Crippen LogP contribution in [-0.2, 0) is 11.0 Å². The van der Waals surface area contributed by atoms with Gasteiger partial charge in [0.05, 0.1) is 29.1 Å². The van der Waals surface area contributed by atoms with Crippen molar-refractivity contribution in [3.63, 3.8) is 0 Å². The van der Waals surface area contributed by atoms with E-state index in [9.17, 15) is 22.8 Å². The van der Waals surface area contributed by atoms with Crippen molar-refractivity contribution < 1.29 is 22.8 Å². The lowest BCUT2D eigenvalue weighted by Crippen LogP contribution is -2.35. The van der Waals surface area contributed by atoms with Gasteiger partial charge in [-0.05, 0) is 68.0 Å². The summed E-state index contributed by atoms with van der Waals surface area (Å²) in [5.41, 5.74) is 3.13. The minimum Gasteiger partial charge on any atom is -0.371 e. The Bertz CT molecular complexity index is 1420. The van der Waals surface area contributed by atoms with E-state index in [4.69, 9.17) is 5.10 Å². The van der Waals surface area contributed by atoms with Crippen LogP contribution in [-0.4, -0.2) is 52.7 Å². The summed E-state index contributed by atoms with van der Waals surface area (Å²) in [4.78, 5) is 29.0. The summed E-state index contributed by atoms with van der Waals surface area (Å²) >= 11 is 0. The second-order valence-electron chi connectivity index (χ2n) is 11.4. The average molecular weight is 566 g/mol. The minimum atomic E-state index is -4.42. The molecule has 10 heteroatoms. The smallest absolute Gasteiger partial charge is 0.371 e. The largest absolute Gasteiger partial charge is 0.416 e. The first kappa shape index (κ1) is 27.4. The van der Waals surface area contributed by atoms with Gasteiger partial charge in [-0.3, -0.25) is 14.3 Å². The highest BCUT2D eigenvalue weighted by Crippen LogP contribution is 2.44. The SMILES string of the molecule is CC(=O)Nc1ccc(N2CCC(n3ncc(C(=O)N4CCC(c5ccccc5C(F)(F)F)C4)c3C3CC3)CC2)cc1. The Kier molecular flexibility index (Phi) is 7.25. The third-order valence-corrected chi connectivity index (χ3v) is 8.57. The number of benzene rings is 2. The van der Waals surface area contributed by atoms with E-state index in [2.05, 4.69) is 14.9 Å². The molecule has 3 aliphatic rings. The van der Waals surface area contributed by atoms with Crippen molar-refractivity contribution in [3.05, 3.63) is 77.1 Å². The molecule has 41 heavy (non-hydrogen) atoms. The fourth-order valence-corrected chi connectivity index (χ4v) is 6.40. The lowest BCUT2D eigenvalue weighted by Gasteiger charge is -2.34. The Morgan fingerprint density at radius 1 is 0.902 bits per heavy atom. The molecule has 1 aliphatic carbocycles. The maximum Gasteiger partial charge on any atom is 0.416 e. The highest BCUT2D eigenvalue weighted by Gasteiger charge is 2.40. The van der Waals surface area contributed by atoms with E-state index in [0.29, 0.717) is 24.4 Å². The Labute approximate surface area is 237 Å². The minimum absolute atomic E-state index is 0.0987. The number of halogens is 3. The quantitative estimate of drug-likeness (QED) is 0.386. The number of hydrogen-bond donors (Lipinski definition) is 1. The number of rotatable bonds is 6. The van der Waals surface area contributed by atoms with E-state index in [1.807, 2.05) is 24.3 Å². The number of piperidine rings is 1. The van der Waals surface area contributed by atoms with Gasteiger partial charge in [0.1, 0.15) is 0 Å². The predicted molar refractivity (Wildman–Crippen MR) is 150 cm³/mol. The third kappa shape index (κ3) is 5.69. The van der Waals surface area contributed by atoms with Gasteiger partial charge in [-0.1, -0.05) is 18.2 Å². The molecule has 3 heterocycles. The average Bonchev–Trinajstić information content (AvgIpc) is 3.50. The summed E-state index contributed by atoms with van der Waals surface area (Å²) in [6, 6.07) is 13.7. The van der Waals surface area contributed by atoms with Crippen molar-refractivity contribution in [3.8, 4) is 0 Å². The van der Waals surface area contributed by atoms with E-state index in [1.165, 1.54) is 13.0 Å². The molecule has 1 unspecified atom stereocenters. The van der Waals surface area contributed by atoms with Gasteiger partial charge in [-0.2, -0.15) is 18.3 Å². The summed E-state index contributed by atoms with van der Waals surface area (Å²) in [6.07, 6.45) is 1.60. The normalized spacial score (nSPS) is 20.0. The van der Waals surface area contributed by atoms with Gasteiger partial charge >= 0.3 is 6.18 Å². The molecule has 3 aromatic rings. The number of carbonyl (C=O) groups excluding carboxylic acids is 2.